The molecule has 120 valence electrons. The van der Waals surface area contributed by atoms with Crippen molar-refractivity contribution in [2.24, 2.45) is 0 Å². The van der Waals surface area contributed by atoms with Gasteiger partial charge in [0.1, 0.15) is 5.60 Å². The minimum Gasteiger partial charge on any atom is -0.444 e. The number of ether oxygens (including phenoxy) is 1. The van der Waals surface area contributed by atoms with E-state index in [1.165, 1.54) is 16.9 Å². The molecule has 2 heterocycles. The van der Waals surface area contributed by atoms with Gasteiger partial charge in [-0.2, -0.15) is 0 Å². The largest absolute Gasteiger partial charge is 0.444 e. The Bertz CT molecular complexity index is 580. The lowest BCUT2D eigenvalue weighted by Crippen LogP contribution is -2.46. The third-order valence-electron chi connectivity index (χ3n) is 4.10. The SMILES string of the molecule is CC1CN(C(=O)OC(C)(C)C)Cc2cccc3c2N1CCN3. The molecule has 1 atom stereocenters. The summed E-state index contributed by atoms with van der Waals surface area (Å²) in [6, 6.07) is 6.54. The van der Waals surface area contributed by atoms with E-state index in [-0.39, 0.29) is 12.1 Å². The molecule has 0 radical (unpaired) electrons. The van der Waals surface area contributed by atoms with Gasteiger partial charge in [0.25, 0.3) is 0 Å². The molecule has 1 N–H and O–H groups in total. The van der Waals surface area contributed by atoms with Crippen LogP contribution in [-0.2, 0) is 11.3 Å². The maximum atomic E-state index is 12.5. The summed E-state index contributed by atoms with van der Waals surface area (Å²) in [5, 5.41) is 3.46. The van der Waals surface area contributed by atoms with Crippen molar-refractivity contribution in [2.45, 2.75) is 45.9 Å². The van der Waals surface area contributed by atoms with Crippen LogP contribution in [0.5, 0.6) is 0 Å². The van der Waals surface area contributed by atoms with Crippen LogP contribution in [0.4, 0.5) is 16.2 Å². The molecule has 22 heavy (non-hydrogen) atoms. The summed E-state index contributed by atoms with van der Waals surface area (Å²) in [5.41, 5.74) is 3.13. The fourth-order valence-electron chi connectivity index (χ4n) is 3.22. The lowest BCUT2D eigenvalue weighted by molar-refractivity contribution is 0.0229. The summed E-state index contributed by atoms with van der Waals surface area (Å²) >= 11 is 0. The smallest absolute Gasteiger partial charge is 0.410 e. The third kappa shape index (κ3) is 2.85. The van der Waals surface area contributed by atoms with Crippen molar-refractivity contribution in [3.8, 4) is 0 Å². The molecule has 5 heteroatoms. The standard InChI is InChI=1S/C17H25N3O2/c1-12-10-19(16(21)22-17(2,3)4)11-13-6-5-7-14-15(13)20(12)9-8-18-14/h5-7,12,18H,8-11H2,1-4H3. The Morgan fingerprint density at radius 1 is 1.36 bits per heavy atom. The number of anilines is 2. The molecule has 5 nitrogen and oxygen atoms in total. The van der Waals surface area contributed by atoms with Gasteiger partial charge < -0.3 is 19.9 Å². The van der Waals surface area contributed by atoms with Gasteiger partial charge in [0, 0.05) is 25.7 Å². The molecule has 0 saturated heterocycles. The second-order valence-electron chi connectivity index (χ2n) is 7.14. The molecule has 1 unspecified atom stereocenters. The van der Waals surface area contributed by atoms with Gasteiger partial charge in [0.2, 0.25) is 0 Å². The number of nitrogens with one attached hydrogen (secondary N) is 1. The summed E-state index contributed by atoms with van der Waals surface area (Å²) < 4.78 is 5.56. The Morgan fingerprint density at radius 2 is 2.14 bits per heavy atom. The first-order chi connectivity index (χ1) is 10.3. The Hall–Kier alpha value is -1.91. The molecule has 1 aromatic carbocycles. The van der Waals surface area contributed by atoms with Crippen molar-refractivity contribution in [1.29, 1.82) is 0 Å². The molecule has 0 spiro atoms. The molecule has 0 aromatic heterocycles. The molecular formula is C17H25N3O2. The molecule has 0 bridgehead atoms. The summed E-state index contributed by atoms with van der Waals surface area (Å²) in [5.74, 6) is 0. The molecular weight excluding hydrogens is 278 g/mol. The first kappa shape index (κ1) is 15.0. The van der Waals surface area contributed by atoms with E-state index >= 15 is 0 Å². The maximum Gasteiger partial charge on any atom is 0.410 e. The van der Waals surface area contributed by atoms with Gasteiger partial charge in [0.05, 0.1) is 17.9 Å². The van der Waals surface area contributed by atoms with Crippen LogP contribution in [0.3, 0.4) is 0 Å². The lowest BCUT2D eigenvalue weighted by Gasteiger charge is -2.36. The summed E-state index contributed by atoms with van der Waals surface area (Å²) in [6.07, 6.45) is -0.232. The maximum absolute atomic E-state index is 12.5. The van der Waals surface area contributed by atoms with Crippen molar-refractivity contribution >= 4 is 17.5 Å². The zero-order valence-electron chi connectivity index (χ0n) is 13.8. The van der Waals surface area contributed by atoms with E-state index in [9.17, 15) is 4.79 Å². The van der Waals surface area contributed by atoms with Gasteiger partial charge in [-0.25, -0.2) is 4.79 Å². The van der Waals surface area contributed by atoms with Crippen LogP contribution in [-0.4, -0.2) is 42.3 Å². The van der Waals surface area contributed by atoms with Gasteiger partial charge >= 0.3 is 6.09 Å². The van der Waals surface area contributed by atoms with E-state index in [1.54, 1.807) is 0 Å². The van der Waals surface area contributed by atoms with Crippen molar-refractivity contribution in [3.05, 3.63) is 23.8 Å². The van der Waals surface area contributed by atoms with E-state index < -0.39 is 5.60 Å². The van der Waals surface area contributed by atoms with Crippen molar-refractivity contribution in [1.82, 2.24) is 4.90 Å². The molecule has 2 aliphatic heterocycles. The predicted octanol–water partition coefficient (Wildman–Crippen LogP) is 3.06. The zero-order chi connectivity index (χ0) is 15.9. The molecule has 0 fully saturated rings. The highest BCUT2D eigenvalue weighted by Crippen LogP contribution is 2.37. The van der Waals surface area contributed by atoms with Gasteiger partial charge in [-0.05, 0) is 39.3 Å². The zero-order valence-corrected chi connectivity index (χ0v) is 13.8. The van der Waals surface area contributed by atoms with E-state index in [4.69, 9.17) is 4.74 Å². The Morgan fingerprint density at radius 3 is 2.86 bits per heavy atom. The van der Waals surface area contributed by atoms with Crippen molar-refractivity contribution in [2.75, 3.05) is 29.9 Å². The quantitative estimate of drug-likeness (QED) is 0.800. The highest BCUT2D eigenvalue weighted by atomic mass is 16.6. The highest BCUT2D eigenvalue weighted by Gasteiger charge is 2.32. The average Bonchev–Trinajstić information content (AvgIpc) is 2.57. The number of nitrogens with zero attached hydrogens (tertiary/aromatic N) is 2. The number of hydrogen-bond acceptors (Lipinski definition) is 4. The number of rotatable bonds is 0. The minimum absolute atomic E-state index is 0.232. The van der Waals surface area contributed by atoms with Crippen LogP contribution >= 0.6 is 0 Å². The molecule has 1 amide bonds. The van der Waals surface area contributed by atoms with Crippen LogP contribution < -0.4 is 10.2 Å². The van der Waals surface area contributed by atoms with Crippen LogP contribution in [0.25, 0.3) is 0 Å². The second kappa shape index (κ2) is 5.38. The molecule has 1 aromatic rings. The number of carbonyl (C=O) groups excluding carboxylic acids is 1. The van der Waals surface area contributed by atoms with Gasteiger partial charge in [-0.3, -0.25) is 0 Å². The van der Waals surface area contributed by atoms with Crippen LogP contribution in [0, 0.1) is 0 Å². The first-order valence-corrected chi connectivity index (χ1v) is 7.95. The van der Waals surface area contributed by atoms with Crippen molar-refractivity contribution < 1.29 is 9.53 Å². The van der Waals surface area contributed by atoms with E-state index in [2.05, 4.69) is 29.3 Å². The lowest BCUT2D eigenvalue weighted by atomic mass is 10.1. The highest BCUT2D eigenvalue weighted by molar-refractivity contribution is 5.78. The number of amides is 1. The number of benzene rings is 1. The Kier molecular flexibility index (Phi) is 3.67. The minimum atomic E-state index is -0.466. The van der Waals surface area contributed by atoms with Crippen molar-refractivity contribution in [3.63, 3.8) is 0 Å². The molecule has 0 saturated carbocycles. The predicted molar refractivity (Wildman–Crippen MR) is 88.4 cm³/mol. The van der Waals surface area contributed by atoms with Gasteiger partial charge in [-0.1, -0.05) is 12.1 Å². The van der Waals surface area contributed by atoms with Crippen LogP contribution in [0.2, 0.25) is 0 Å². The topological polar surface area (TPSA) is 44.8 Å². The third-order valence-corrected chi connectivity index (χ3v) is 4.10. The second-order valence-corrected chi connectivity index (χ2v) is 7.14. The molecule has 3 rings (SSSR count). The number of carbonyl (C=O) groups is 1. The number of hydrogen-bond donors (Lipinski definition) is 1. The van der Waals surface area contributed by atoms with E-state index in [1.807, 2.05) is 31.7 Å². The average molecular weight is 303 g/mol. The van der Waals surface area contributed by atoms with Crippen LogP contribution in [0.15, 0.2) is 18.2 Å². The summed E-state index contributed by atoms with van der Waals surface area (Å²) in [7, 11) is 0. The Labute approximate surface area is 132 Å². The van der Waals surface area contributed by atoms with E-state index in [0.717, 1.165) is 13.1 Å². The monoisotopic (exact) mass is 303 g/mol. The van der Waals surface area contributed by atoms with E-state index in [0.29, 0.717) is 13.1 Å². The number of para-hydroxylation sites is 1. The summed E-state index contributed by atoms with van der Waals surface area (Å²) in [6.45, 7) is 11.1. The first-order valence-electron chi connectivity index (χ1n) is 7.95. The molecule has 0 aliphatic carbocycles. The fourth-order valence-corrected chi connectivity index (χ4v) is 3.22. The van der Waals surface area contributed by atoms with Crippen LogP contribution in [0.1, 0.15) is 33.3 Å². The normalized spacial score (nSPS) is 20.8. The Balaban J connectivity index is 1.91. The fraction of sp³-hybridized carbons (Fsp3) is 0.588. The molecule has 2 aliphatic rings. The van der Waals surface area contributed by atoms with Gasteiger partial charge in [-0.15, -0.1) is 0 Å². The summed E-state index contributed by atoms with van der Waals surface area (Å²) in [4.78, 5) is 16.7. The van der Waals surface area contributed by atoms with Gasteiger partial charge in [0.15, 0.2) is 0 Å².